The predicted molar refractivity (Wildman–Crippen MR) is 85.6 cm³/mol. The Balaban J connectivity index is 2.14. The molecular weight excluding hydrogens is 266 g/mol. The van der Waals surface area contributed by atoms with Gasteiger partial charge >= 0.3 is 6.03 Å². The summed E-state index contributed by atoms with van der Waals surface area (Å²) < 4.78 is 2.21. The SMILES string of the molecule is CCCn1ccc2cc(NC(=O)N(C)C(C)CO)ccc21. The van der Waals surface area contributed by atoms with Crippen molar-refractivity contribution in [1.29, 1.82) is 0 Å². The number of anilines is 1. The lowest BCUT2D eigenvalue weighted by atomic mass is 10.2. The number of fused-ring (bicyclic) bond motifs is 1. The number of rotatable bonds is 5. The van der Waals surface area contributed by atoms with Gasteiger partial charge in [-0.15, -0.1) is 0 Å². The monoisotopic (exact) mass is 289 g/mol. The second kappa shape index (κ2) is 6.63. The number of nitrogens with zero attached hydrogens (tertiary/aromatic N) is 2. The van der Waals surface area contributed by atoms with E-state index >= 15 is 0 Å². The Hall–Kier alpha value is -2.01. The second-order valence-electron chi connectivity index (χ2n) is 5.36. The summed E-state index contributed by atoms with van der Waals surface area (Å²) in [5, 5.41) is 13.1. The van der Waals surface area contributed by atoms with Crippen LogP contribution in [-0.4, -0.2) is 40.3 Å². The lowest BCUT2D eigenvalue weighted by Gasteiger charge is -2.23. The van der Waals surface area contributed by atoms with Gasteiger partial charge < -0.3 is 19.9 Å². The van der Waals surface area contributed by atoms with Crippen LogP contribution in [0.2, 0.25) is 0 Å². The van der Waals surface area contributed by atoms with Crippen LogP contribution in [0.4, 0.5) is 10.5 Å². The second-order valence-corrected chi connectivity index (χ2v) is 5.36. The van der Waals surface area contributed by atoms with Gasteiger partial charge in [0.1, 0.15) is 0 Å². The Kier molecular flexibility index (Phi) is 4.85. The Labute approximate surface area is 125 Å². The number of aromatic nitrogens is 1. The number of carbonyl (C=O) groups is 1. The third-order valence-corrected chi connectivity index (χ3v) is 3.73. The topological polar surface area (TPSA) is 57.5 Å². The third-order valence-electron chi connectivity index (χ3n) is 3.73. The van der Waals surface area contributed by atoms with Crippen molar-refractivity contribution in [3.63, 3.8) is 0 Å². The van der Waals surface area contributed by atoms with Crippen molar-refractivity contribution in [2.24, 2.45) is 0 Å². The van der Waals surface area contributed by atoms with E-state index in [1.165, 1.54) is 10.4 Å². The van der Waals surface area contributed by atoms with Gasteiger partial charge in [-0.3, -0.25) is 0 Å². The van der Waals surface area contributed by atoms with Crippen LogP contribution >= 0.6 is 0 Å². The molecule has 0 bridgehead atoms. The fraction of sp³-hybridized carbons (Fsp3) is 0.438. The fourth-order valence-electron chi connectivity index (χ4n) is 2.25. The molecule has 0 spiro atoms. The van der Waals surface area contributed by atoms with Crippen LogP contribution in [0.3, 0.4) is 0 Å². The number of likely N-dealkylation sites (N-methyl/N-ethyl adjacent to an activating group) is 1. The van der Waals surface area contributed by atoms with Gasteiger partial charge in [0.25, 0.3) is 0 Å². The number of urea groups is 1. The first-order valence-corrected chi connectivity index (χ1v) is 7.30. The van der Waals surface area contributed by atoms with Gasteiger partial charge in [-0.1, -0.05) is 6.92 Å². The first-order valence-electron chi connectivity index (χ1n) is 7.30. The van der Waals surface area contributed by atoms with E-state index in [4.69, 9.17) is 5.11 Å². The zero-order chi connectivity index (χ0) is 15.4. The number of amides is 2. The summed E-state index contributed by atoms with van der Waals surface area (Å²) in [7, 11) is 1.67. The molecule has 0 saturated heterocycles. The summed E-state index contributed by atoms with van der Waals surface area (Å²) in [6.45, 7) is 4.89. The zero-order valence-corrected chi connectivity index (χ0v) is 12.8. The van der Waals surface area contributed by atoms with Crippen molar-refractivity contribution in [3.8, 4) is 0 Å². The van der Waals surface area contributed by atoms with Crippen LogP contribution in [0.1, 0.15) is 20.3 Å². The van der Waals surface area contributed by atoms with E-state index in [0.717, 1.165) is 24.0 Å². The third kappa shape index (κ3) is 3.36. The largest absolute Gasteiger partial charge is 0.394 e. The Morgan fingerprint density at radius 3 is 2.86 bits per heavy atom. The van der Waals surface area contributed by atoms with Crippen molar-refractivity contribution >= 4 is 22.6 Å². The zero-order valence-electron chi connectivity index (χ0n) is 12.8. The quantitative estimate of drug-likeness (QED) is 0.889. The van der Waals surface area contributed by atoms with Gasteiger partial charge in [0.15, 0.2) is 0 Å². The number of hydrogen-bond acceptors (Lipinski definition) is 2. The molecular formula is C16H23N3O2. The Morgan fingerprint density at radius 2 is 2.19 bits per heavy atom. The normalized spacial score (nSPS) is 12.4. The van der Waals surface area contributed by atoms with Gasteiger partial charge in [0.2, 0.25) is 0 Å². The summed E-state index contributed by atoms with van der Waals surface area (Å²) in [6, 6.07) is 7.53. The maximum absolute atomic E-state index is 12.1. The summed E-state index contributed by atoms with van der Waals surface area (Å²) in [6.07, 6.45) is 3.16. The first-order chi connectivity index (χ1) is 10.1. The van der Waals surface area contributed by atoms with Crippen LogP contribution in [0, 0.1) is 0 Å². The highest BCUT2D eigenvalue weighted by Crippen LogP contribution is 2.21. The predicted octanol–water partition coefficient (Wildman–Crippen LogP) is 2.90. The minimum absolute atomic E-state index is 0.0528. The van der Waals surface area contributed by atoms with Crippen molar-refractivity contribution < 1.29 is 9.90 Å². The van der Waals surface area contributed by atoms with E-state index in [9.17, 15) is 4.79 Å². The van der Waals surface area contributed by atoms with Crippen molar-refractivity contribution in [2.45, 2.75) is 32.9 Å². The highest BCUT2D eigenvalue weighted by molar-refractivity contribution is 5.93. The lowest BCUT2D eigenvalue weighted by Crippen LogP contribution is -2.40. The molecule has 0 saturated carbocycles. The van der Waals surface area contributed by atoms with Crippen molar-refractivity contribution in [2.75, 3.05) is 19.0 Å². The molecule has 1 aromatic heterocycles. The molecule has 0 aliphatic rings. The molecule has 0 fully saturated rings. The standard InChI is InChI=1S/C16H23N3O2/c1-4-8-19-9-7-13-10-14(5-6-15(13)19)17-16(21)18(3)12(2)11-20/h5-7,9-10,12,20H,4,8,11H2,1-3H3,(H,17,21). The van der Waals surface area contributed by atoms with Crippen LogP contribution in [0.25, 0.3) is 10.9 Å². The molecule has 2 aromatic rings. The molecule has 2 N–H and O–H groups in total. The summed E-state index contributed by atoms with van der Waals surface area (Å²) in [5.41, 5.74) is 1.94. The molecule has 5 nitrogen and oxygen atoms in total. The summed E-state index contributed by atoms with van der Waals surface area (Å²) in [4.78, 5) is 13.5. The molecule has 2 rings (SSSR count). The number of nitrogens with one attached hydrogen (secondary N) is 1. The fourth-order valence-corrected chi connectivity index (χ4v) is 2.25. The van der Waals surface area contributed by atoms with E-state index in [1.54, 1.807) is 14.0 Å². The minimum atomic E-state index is -0.219. The average Bonchev–Trinajstić information content (AvgIpc) is 2.88. The Morgan fingerprint density at radius 1 is 1.43 bits per heavy atom. The van der Waals surface area contributed by atoms with Crippen LogP contribution < -0.4 is 5.32 Å². The van der Waals surface area contributed by atoms with E-state index in [-0.39, 0.29) is 18.7 Å². The van der Waals surface area contributed by atoms with Crippen LogP contribution in [0.5, 0.6) is 0 Å². The van der Waals surface area contributed by atoms with E-state index < -0.39 is 0 Å². The van der Waals surface area contributed by atoms with E-state index in [2.05, 4.69) is 29.1 Å². The molecule has 0 aliphatic carbocycles. The van der Waals surface area contributed by atoms with Gasteiger partial charge in [-0.2, -0.15) is 0 Å². The molecule has 1 heterocycles. The molecule has 0 aliphatic heterocycles. The first kappa shape index (κ1) is 15.4. The van der Waals surface area contributed by atoms with Gasteiger partial charge in [-0.25, -0.2) is 4.79 Å². The van der Waals surface area contributed by atoms with E-state index in [1.807, 2.05) is 18.2 Å². The molecule has 1 unspecified atom stereocenters. The molecule has 1 atom stereocenters. The maximum atomic E-state index is 12.1. The number of benzene rings is 1. The molecule has 114 valence electrons. The van der Waals surface area contributed by atoms with Crippen LogP contribution in [-0.2, 0) is 6.54 Å². The van der Waals surface area contributed by atoms with Gasteiger partial charge in [0.05, 0.1) is 12.6 Å². The summed E-state index contributed by atoms with van der Waals surface area (Å²) >= 11 is 0. The molecule has 0 radical (unpaired) electrons. The summed E-state index contributed by atoms with van der Waals surface area (Å²) in [5.74, 6) is 0. The number of aliphatic hydroxyl groups is 1. The Bertz CT molecular complexity index is 621. The molecule has 21 heavy (non-hydrogen) atoms. The number of hydrogen-bond donors (Lipinski definition) is 2. The van der Waals surface area contributed by atoms with Crippen molar-refractivity contribution in [1.82, 2.24) is 9.47 Å². The minimum Gasteiger partial charge on any atom is -0.394 e. The van der Waals surface area contributed by atoms with Gasteiger partial charge in [0, 0.05) is 36.4 Å². The average molecular weight is 289 g/mol. The van der Waals surface area contributed by atoms with Crippen molar-refractivity contribution in [3.05, 3.63) is 30.5 Å². The molecule has 5 heteroatoms. The molecule has 2 amide bonds. The highest BCUT2D eigenvalue weighted by Gasteiger charge is 2.15. The van der Waals surface area contributed by atoms with Crippen LogP contribution in [0.15, 0.2) is 30.5 Å². The van der Waals surface area contributed by atoms with Gasteiger partial charge in [-0.05, 0) is 37.6 Å². The number of carbonyl (C=O) groups excluding carboxylic acids is 1. The van der Waals surface area contributed by atoms with E-state index in [0.29, 0.717) is 0 Å². The lowest BCUT2D eigenvalue weighted by molar-refractivity contribution is 0.166. The number of aliphatic hydroxyl groups excluding tert-OH is 1. The smallest absolute Gasteiger partial charge is 0.321 e. The molecule has 1 aromatic carbocycles. The number of aryl methyl sites for hydroxylation is 1. The maximum Gasteiger partial charge on any atom is 0.321 e. The highest BCUT2D eigenvalue weighted by atomic mass is 16.3.